The summed E-state index contributed by atoms with van der Waals surface area (Å²) in [5.41, 5.74) is -4.84. The fraction of sp³-hybridized carbons (Fsp3) is 0.0476. The number of fused-ring (bicyclic) bond motifs is 2. The van der Waals surface area contributed by atoms with E-state index in [9.17, 15) is 21.6 Å². The molecule has 0 amide bonds. The minimum absolute atomic E-state index is 0.212. The summed E-state index contributed by atoms with van der Waals surface area (Å²) in [6, 6.07) is 20.0. The summed E-state index contributed by atoms with van der Waals surface area (Å²) in [5.74, 6) is -0.382. The van der Waals surface area contributed by atoms with Crippen molar-refractivity contribution in [3.63, 3.8) is 0 Å². The summed E-state index contributed by atoms with van der Waals surface area (Å²) in [4.78, 5) is 0. The molecule has 3 nitrogen and oxygen atoms in total. The molecule has 4 rings (SSSR count). The fourth-order valence-corrected chi connectivity index (χ4v) is 3.92. The van der Waals surface area contributed by atoms with E-state index in [1.807, 2.05) is 0 Å². The van der Waals surface area contributed by atoms with Gasteiger partial charge in [-0.15, -0.1) is 0 Å². The summed E-state index contributed by atoms with van der Waals surface area (Å²) in [5, 5.41) is 2.60. The van der Waals surface area contributed by atoms with Crippen LogP contribution in [0.3, 0.4) is 0 Å². The summed E-state index contributed by atoms with van der Waals surface area (Å²) in [6.45, 7) is 0. The van der Waals surface area contributed by atoms with Crippen LogP contribution in [-0.4, -0.2) is 13.9 Å². The Hall–Kier alpha value is -2.77. The molecule has 0 radical (unpaired) electrons. The first-order chi connectivity index (χ1) is 13.7. The SMILES string of the molecule is O=S(=O)(Oc1c(-c2ccc(Cl)c3ccccc23)ccc2ccccc12)C(F)(F)F. The van der Waals surface area contributed by atoms with Crippen molar-refractivity contribution in [2.24, 2.45) is 0 Å². The highest BCUT2D eigenvalue weighted by molar-refractivity contribution is 7.88. The maximum absolute atomic E-state index is 13.0. The molecule has 4 aromatic rings. The standard InChI is InChI=1S/C21H12ClF3O3S/c22-19-12-11-16(15-7-3-4-8-17(15)19)18-10-9-13-5-1-2-6-14(13)20(18)28-29(26,27)21(23,24)25/h1-12H. The molecule has 0 aliphatic rings. The molecule has 148 valence electrons. The number of hydrogen-bond acceptors (Lipinski definition) is 3. The molecular weight excluding hydrogens is 425 g/mol. The lowest BCUT2D eigenvalue weighted by molar-refractivity contribution is -0.0499. The number of rotatable bonds is 3. The summed E-state index contributed by atoms with van der Waals surface area (Å²) in [7, 11) is -5.86. The Morgan fingerprint density at radius 2 is 1.31 bits per heavy atom. The van der Waals surface area contributed by atoms with Crippen LogP contribution in [-0.2, 0) is 10.1 Å². The zero-order chi connectivity index (χ0) is 20.8. The molecule has 0 spiro atoms. The van der Waals surface area contributed by atoms with E-state index in [2.05, 4.69) is 4.18 Å². The zero-order valence-corrected chi connectivity index (χ0v) is 16.1. The first kappa shape index (κ1) is 19.5. The Morgan fingerprint density at radius 1 is 0.724 bits per heavy atom. The largest absolute Gasteiger partial charge is 0.534 e. The molecule has 0 aromatic heterocycles. The lowest BCUT2D eigenvalue weighted by atomic mass is 9.95. The van der Waals surface area contributed by atoms with Gasteiger partial charge in [-0.3, -0.25) is 0 Å². The first-order valence-corrected chi connectivity index (χ1v) is 10.2. The normalized spacial score (nSPS) is 12.4. The maximum atomic E-state index is 13.0. The molecule has 0 N–H and O–H groups in total. The molecule has 4 aromatic carbocycles. The summed E-state index contributed by atoms with van der Waals surface area (Å²) >= 11 is 6.24. The smallest absolute Gasteiger partial charge is 0.375 e. The van der Waals surface area contributed by atoms with Crippen molar-refractivity contribution in [1.29, 1.82) is 0 Å². The van der Waals surface area contributed by atoms with Gasteiger partial charge in [0.2, 0.25) is 0 Å². The van der Waals surface area contributed by atoms with Crippen LogP contribution in [0.1, 0.15) is 0 Å². The number of alkyl halides is 3. The zero-order valence-electron chi connectivity index (χ0n) is 14.6. The predicted octanol–water partition coefficient (Wildman–Crippen LogP) is 6.54. The maximum Gasteiger partial charge on any atom is 0.534 e. The Kier molecular flexibility index (Phi) is 4.67. The van der Waals surface area contributed by atoms with Crippen molar-refractivity contribution in [1.82, 2.24) is 0 Å². The quantitative estimate of drug-likeness (QED) is 0.270. The first-order valence-electron chi connectivity index (χ1n) is 8.39. The van der Waals surface area contributed by atoms with Gasteiger partial charge in [-0.1, -0.05) is 72.3 Å². The topological polar surface area (TPSA) is 43.4 Å². The molecule has 29 heavy (non-hydrogen) atoms. The third kappa shape index (κ3) is 3.41. The minimum atomic E-state index is -5.86. The highest BCUT2D eigenvalue weighted by atomic mass is 35.5. The highest BCUT2D eigenvalue weighted by Crippen LogP contribution is 2.43. The van der Waals surface area contributed by atoms with E-state index in [-0.39, 0.29) is 16.7 Å². The van der Waals surface area contributed by atoms with Gasteiger partial charge in [0, 0.05) is 21.4 Å². The van der Waals surface area contributed by atoms with Gasteiger partial charge < -0.3 is 4.18 Å². The van der Waals surface area contributed by atoms with E-state index in [4.69, 9.17) is 11.6 Å². The van der Waals surface area contributed by atoms with Crippen LogP contribution in [0.15, 0.2) is 72.8 Å². The van der Waals surface area contributed by atoms with Crippen LogP contribution < -0.4 is 4.18 Å². The van der Waals surface area contributed by atoms with Crippen molar-refractivity contribution in [2.75, 3.05) is 0 Å². The Labute approximate surface area is 169 Å². The van der Waals surface area contributed by atoms with Crippen molar-refractivity contribution in [2.45, 2.75) is 5.51 Å². The van der Waals surface area contributed by atoms with Gasteiger partial charge in [0.1, 0.15) is 0 Å². The second-order valence-corrected chi connectivity index (χ2v) is 8.23. The van der Waals surface area contributed by atoms with Crippen LogP contribution >= 0.6 is 11.6 Å². The van der Waals surface area contributed by atoms with Gasteiger partial charge in [-0.2, -0.15) is 21.6 Å². The van der Waals surface area contributed by atoms with Crippen LogP contribution in [0.2, 0.25) is 5.02 Å². The molecule has 0 saturated carbocycles. The van der Waals surface area contributed by atoms with Gasteiger partial charge in [-0.25, -0.2) is 0 Å². The highest BCUT2D eigenvalue weighted by Gasteiger charge is 2.49. The second-order valence-electron chi connectivity index (χ2n) is 6.29. The Morgan fingerprint density at radius 3 is 2.00 bits per heavy atom. The van der Waals surface area contributed by atoms with E-state index in [0.717, 1.165) is 0 Å². The Balaban J connectivity index is 2.06. The lowest BCUT2D eigenvalue weighted by Gasteiger charge is -2.17. The van der Waals surface area contributed by atoms with Crippen LogP contribution in [0.4, 0.5) is 13.2 Å². The average Bonchev–Trinajstić information content (AvgIpc) is 2.68. The molecule has 8 heteroatoms. The van der Waals surface area contributed by atoms with Crippen LogP contribution in [0.25, 0.3) is 32.7 Å². The second kappa shape index (κ2) is 6.93. The number of halogens is 4. The van der Waals surface area contributed by atoms with Gasteiger partial charge in [-0.05, 0) is 28.5 Å². The number of benzene rings is 4. The monoisotopic (exact) mass is 436 g/mol. The van der Waals surface area contributed by atoms with E-state index >= 15 is 0 Å². The molecule has 0 unspecified atom stereocenters. The summed E-state index contributed by atoms with van der Waals surface area (Å²) in [6.07, 6.45) is 0. The third-order valence-corrected chi connectivity index (χ3v) is 5.80. The van der Waals surface area contributed by atoms with Crippen molar-refractivity contribution >= 4 is 43.3 Å². The predicted molar refractivity (Wildman–Crippen MR) is 108 cm³/mol. The van der Waals surface area contributed by atoms with Gasteiger partial charge >= 0.3 is 15.6 Å². The fourth-order valence-electron chi connectivity index (χ4n) is 3.20. The molecule has 0 heterocycles. The van der Waals surface area contributed by atoms with Crippen molar-refractivity contribution in [3.05, 3.63) is 77.8 Å². The summed E-state index contributed by atoms with van der Waals surface area (Å²) < 4.78 is 67.3. The number of hydrogen-bond donors (Lipinski definition) is 0. The Bertz CT molecular complexity index is 1350. The van der Waals surface area contributed by atoms with E-state index < -0.39 is 15.6 Å². The molecule has 0 saturated heterocycles. The van der Waals surface area contributed by atoms with E-state index in [1.165, 1.54) is 6.07 Å². The lowest BCUT2D eigenvalue weighted by Crippen LogP contribution is -2.28. The molecule has 0 aliphatic heterocycles. The van der Waals surface area contributed by atoms with Gasteiger partial charge in [0.15, 0.2) is 5.75 Å². The van der Waals surface area contributed by atoms with E-state index in [0.29, 0.717) is 26.7 Å². The molecule has 0 fully saturated rings. The van der Waals surface area contributed by atoms with Gasteiger partial charge in [0.05, 0.1) is 0 Å². The van der Waals surface area contributed by atoms with Crippen LogP contribution in [0.5, 0.6) is 5.75 Å². The van der Waals surface area contributed by atoms with Crippen molar-refractivity contribution in [3.8, 4) is 16.9 Å². The van der Waals surface area contributed by atoms with Gasteiger partial charge in [0.25, 0.3) is 0 Å². The molecule has 0 aliphatic carbocycles. The third-order valence-electron chi connectivity index (χ3n) is 4.52. The molecular formula is C21H12ClF3O3S. The molecule has 0 atom stereocenters. The average molecular weight is 437 g/mol. The van der Waals surface area contributed by atoms with Crippen LogP contribution in [0, 0.1) is 0 Å². The minimum Gasteiger partial charge on any atom is -0.375 e. The van der Waals surface area contributed by atoms with Crippen molar-refractivity contribution < 1.29 is 25.8 Å². The van der Waals surface area contributed by atoms with E-state index in [1.54, 1.807) is 66.7 Å². The molecule has 0 bridgehead atoms.